The van der Waals surface area contributed by atoms with Gasteiger partial charge in [-0.3, -0.25) is 28.8 Å². The van der Waals surface area contributed by atoms with Crippen LogP contribution in [-0.2, 0) is 29.0 Å². The van der Waals surface area contributed by atoms with Gasteiger partial charge in [-0.2, -0.15) is 0 Å². The standard InChI is InChI=1S/C32H27N3O8/c36-25-17-42-30(34-11-10-26(37)33-31(34)41)27(38)32(25)14-24-20(16-43-32)12-18(13-23(24)19-6-2-1-3-7-19)15-35-28(39)21-8-4-5-9-22(21)29(35)40/h1-13,25,27,30,36,38H,14-17H2,(H,33,37,41)/t25-,27+,30-,32-/m1/s1. The van der Waals surface area contributed by atoms with Crippen molar-refractivity contribution < 1.29 is 29.3 Å². The summed E-state index contributed by atoms with van der Waals surface area (Å²) in [6, 6.07) is 21.2. The van der Waals surface area contributed by atoms with E-state index in [2.05, 4.69) is 4.98 Å². The number of nitrogens with one attached hydrogen (secondary N) is 1. The highest BCUT2D eigenvalue weighted by Gasteiger charge is 2.55. The van der Waals surface area contributed by atoms with Gasteiger partial charge in [0.2, 0.25) is 0 Å². The first kappa shape index (κ1) is 27.2. The van der Waals surface area contributed by atoms with Crippen LogP contribution in [-0.4, -0.2) is 60.9 Å². The predicted molar refractivity (Wildman–Crippen MR) is 152 cm³/mol. The monoisotopic (exact) mass is 581 g/mol. The summed E-state index contributed by atoms with van der Waals surface area (Å²) < 4.78 is 13.0. The SMILES string of the molecule is O=C1c2ccccc2C(=O)N1Cc1cc2c(c(-c3ccccc3)c1)C[C@@]1(OC2)[C@H](O)CO[C@@H](n2ccc(=O)[nH]c2=O)[C@@H]1O. The van der Waals surface area contributed by atoms with Crippen molar-refractivity contribution in [3.8, 4) is 11.1 Å². The third-order valence-electron chi connectivity index (χ3n) is 8.54. The lowest BCUT2D eigenvalue weighted by molar-refractivity contribution is -0.284. The van der Waals surface area contributed by atoms with E-state index < -0.39 is 35.3 Å². The van der Waals surface area contributed by atoms with Crippen LogP contribution in [0.2, 0.25) is 0 Å². The molecule has 11 heteroatoms. The van der Waals surface area contributed by atoms with E-state index >= 15 is 0 Å². The number of nitrogens with zero attached hydrogens (tertiary/aromatic N) is 2. The van der Waals surface area contributed by atoms with Crippen LogP contribution in [0.25, 0.3) is 11.1 Å². The number of carbonyl (C=O) groups excluding carboxylic acids is 2. The fourth-order valence-electron chi connectivity index (χ4n) is 6.33. The molecule has 218 valence electrons. The maximum atomic E-state index is 13.1. The summed E-state index contributed by atoms with van der Waals surface area (Å²) in [7, 11) is 0. The fourth-order valence-corrected chi connectivity index (χ4v) is 6.33. The Kier molecular flexibility index (Phi) is 6.47. The number of aliphatic hydroxyl groups is 2. The van der Waals surface area contributed by atoms with Gasteiger partial charge in [0, 0.05) is 18.7 Å². The zero-order chi connectivity index (χ0) is 29.9. The van der Waals surface area contributed by atoms with E-state index in [-0.39, 0.29) is 38.0 Å². The molecular formula is C32H27N3O8. The van der Waals surface area contributed by atoms with Gasteiger partial charge in [0.05, 0.1) is 30.9 Å². The van der Waals surface area contributed by atoms with Crippen LogP contribution in [0.3, 0.4) is 0 Å². The van der Waals surface area contributed by atoms with Gasteiger partial charge < -0.3 is 19.7 Å². The average Bonchev–Trinajstić information content (AvgIpc) is 3.25. The summed E-state index contributed by atoms with van der Waals surface area (Å²) in [6.07, 6.45) is -2.61. The summed E-state index contributed by atoms with van der Waals surface area (Å²) in [6.45, 7) is -0.158. The molecule has 0 unspecified atom stereocenters. The van der Waals surface area contributed by atoms with Gasteiger partial charge in [0.15, 0.2) is 6.23 Å². The van der Waals surface area contributed by atoms with Gasteiger partial charge in [-0.15, -0.1) is 0 Å². The third-order valence-corrected chi connectivity index (χ3v) is 8.54. The minimum Gasteiger partial charge on any atom is -0.388 e. The van der Waals surface area contributed by atoms with E-state index in [0.29, 0.717) is 11.1 Å². The molecule has 1 saturated heterocycles. The van der Waals surface area contributed by atoms with Crippen LogP contribution in [0.5, 0.6) is 0 Å². The topological polar surface area (TPSA) is 151 Å². The van der Waals surface area contributed by atoms with Crippen molar-refractivity contribution in [1.82, 2.24) is 14.5 Å². The number of hydrogen-bond donors (Lipinski definition) is 3. The fraction of sp³-hybridized carbons (Fsp3) is 0.250. The van der Waals surface area contributed by atoms with Crippen molar-refractivity contribution in [2.24, 2.45) is 0 Å². The number of benzene rings is 3. The molecule has 0 radical (unpaired) electrons. The highest BCUT2D eigenvalue weighted by atomic mass is 16.6. The van der Waals surface area contributed by atoms with Gasteiger partial charge in [0.1, 0.15) is 17.8 Å². The molecular weight excluding hydrogens is 554 g/mol. The number of aromatic nitrogens is 2. The molecule has 4 heterocycles. The van der Waals surface area contributed by atoms with Crippen molar-refractivity contribution in [3.05, 3.63) is 128 Å². The Bertz CT molecular complexity index is 1850. The molecule has 3 aliphatic heterocycles. The summed E-state index contributed by atoms with van der Waals surface area (Å²) in [5.41, 5.74) is 1.85. The first-order chi connectivity index (χ1) is 20.8. The Morgan fingerprint density at radius 1 is 0.884 bits per heavy atom. The van der Waals surface area contributed by atoms with Gasteiger partial charge in [0.25, 0.3) is 17.4 Å². The molecule has 3 aliphatic rings. The largest absolute Gasteiger partial charge is 0.388 e. The van der Waals surface area contributed by atoms with Crippen LogP contribution in [0.4, 0.5) is 0 Å². The highest BCUT2D eigenvalue weighted by Crippen LogP contribution is 2.44. The second-order valence-electron chi connectivity index (χ2n) is 11.0. The molecule has 1 spiro atoms. The van der Waals surface area contributed by atoms with Gasteiger partial charge in [-0.1, -0.05) is 48.5 Å². The van der Waals surface area contributed by atoms with E-state index in [1.54, 1.807) is 24.3 Å². The predicted octanol–water partition coefficient (Wildman–Crippen LogP) is 1.76. The molecule has 1 fully saturated rings. The zero-order valence-corrected chi connectivity index (χ0v) is 22.8. The Hall–Kier alpha value is -4.68. The van der Waals surface area contributed by atoms with Crippen LogP contribution in [0.1, 0.15) is 43.6 Å². The molecule has 1 aromatic heterocycles. The maximum absolute atomic E-state index is 13.1. The number of aromatic amines is 1. The zero-order valence-electron chi connectivity index (χ0n) is 22.8. The van der Waals surface area contributed by atoms with E-state index in [1.165, 1.54) is 11.1 Å². The lowest BCUT2D eigenvalue weighted by atomic mass is 9.76. The third kappa shape index (κ3) is 4.36. The maximum Gasteiger partial charge on any atom is 0.330 e. The number of aliphatic hydroxyl groups excluding tert-OH is 2. The molecule has 3 N–H and O–H groups in total. The number of fused-ring (bicyclic) bond motifs is 2. The summed E-state index contributed by atoms with van der Waals surface area (Å²) >= 11 is 0. The molecule has 43 heavy (non-hydrogen) atoms. The second kappa shape index (κ2) is 10.2. The van der Waals surface area contributed by atoms with Crippen LogP contribution in [0.15, 0.2) is 88.6 Å². The first-order valence-electron chi connectivity index (χ1n) is 13.9. The number of hydrogen-bond acceptors (Lipinski definition) is 8. The molecule has 4 aromatic rings. The van der Waals surface area contributed by atoms with Crippen molar-refractivity contribution >= 4 is 11.8 Å². The highest BCUT2D eigenvalue weighted by molar-refractivity contribution is 6.21. The minimum atomic E-state index is -1.53. The second-order valence-corrected chi connectivity index (χ2v) is 11.0. The minimum absolute atomic E-state index is 0.00644. The Morgan fingerprint density at radius 2 is 1.58 bits per heavy atom. The molecule has 0 saturated carbocycles. The van der Waals surface area contributed by atoms with E-state index in [4.69, 9.17) is 9.47 Å². The first-order valence-corrected chi connectivity index (χ1v) is 13.9. The van der Waals surface area contributed by atoms with Crippen molar-refractivity contribution in [3.63, 3.8) is 0 Å². The number of rotatable bonds is 4. The van der Waals surface area contributed by atoms with Gasteiger partial charge in [-0.25, -0.2) is 4.79 Å². The molecule has 2 amide bonds. The normalized spacial score (nSPS) is 24.7. The van der Waals surface area contributed by atoms with Crippen molar-refractivity contribution in [2.75, 3.05) is 6.61 Å². The lowest BCUT2D eigenvalue weighted by Gasteiger charge is -2.50. The van der Waals surface area contributed by atoms with E-state index in [0.717, 1.165) is 38.5 Å². The number of H-pyrrole nitrogens is 1. The Morgan fingerprint density at radius 3 is 2.28 bits per heavy atom. The smallest absolute Gasteiger partial charge is 0.330 e. The Labute approximate surface area is 244 Å². The summed E-state index contributed by atoms with van der Waals surface area (Å²) in [5, 5.41) is 22.8. The van der Waals surface area contributed by atoms with Gasteiger partial charge >= 0.3 is 5.69 Å². The number of amides is 2. The number of carbonyl (C=O) groups is 2. The molecule has 0 aliphatic carbocycles. The number of imide groups is 1. The molecule has 11 nitrogen and oxygen atoms in total. The summed E-state index contributed by atoms with van der Waals surface area (Å²) in [4.78, 5) is 53.7. The summed E-state index contributed by atoms with van der Waals surface area (Å²) in [5.74, 6) is -0.710. The molecule has 7 rings (SSSR count). The number of ether oxygens (including phenoxy) is 2. The average molecular weight is 582 g/mol. The molecule has 4 atom stereocenters. The molecule has 3 aromatic carbocycles. The molecule has 0 bridgehead atoms. The lowest BCUT2D eigenvalue weighted by Crippen LogP contribution is -2.65. The van der Waals surface area contributed by atoms with Crippen LogP contribution < -0.4 is 11.2 Å². The van der Waals surface area contributed by atoms with Crippen molar-refractivity contribution in [1.29, 1.82) is 0 Å². The quantitative estimate of drug-likeness (QED) is 0.309. The van der Waals surface area contributed by atoms with E-state index in [1.807, 2.05) is 42.5 Å². The Balaban J connectivity index is 1.28. The van der Waals surface area contributed by atoms with Crippen LogP contribution in [0, 0.1) is 0 Å². The van der Waals surface area contributed by atoms with Crippen molar-refractivity contribution in [2.45, 2.75) is 43.6 Å². The van der Waals surface area contributed by atoms with E-state index in [9.17, 15) is 29.4 Å². The van der Waals surface area contributed by atoms with Gasteiger partial charge in [-0.05, 0) is 46.0 Å². The van der Waals surface area contributed by atoms with Crippen LogP contribution >= 0.6 is 0 Å².